The molecule has 6 rings (SSSR count). The summed E-state index contributed by atoms with van der Waals surface area (Å²) in [6.07, 6.45) is 0.676. The van der Waals surface area contributed by atoms with Crippen molar-refractivity contribution in [2.45, 2.75) is 25.4 Å². The number of urea groups is 1. The van der Waals surface area contributed by atoms with Gasteiger partial charge in [0.25, 0.3) is 11.8 Å². The van der Waals surface area contributed by atoms with Crippen molar-refractivity contribution in [1.82, 2.24) is 15.2 Å². The fraction of sp³-hybridized carbons (Fsp3) is 0.207. The first-order valence-electron chi connectivity index (χ1n) is 12.2. The number of aromatic amines is 1. The summed E-state index contributed by atoms with van der Waals surface area (Å²) in [6.45, 7) is 2.63. The van der Waals surface area contributed by atoms with Crippen LogP contribution in [0.15, 0.2) is 72.8 Å². The Labute approximate surface area is 213 Å². The molecule has 2 N–H and O–H groups in total. The Bertz CT molecular complexity index is 1540. The van der Waals surface area contributed by atoms with E-state index < -0.39 is 5.54 Å². The molecular weight excluding hydrogens is 468 g/mol. The van der Waals surface area contributed by atoms with E-state index in [1.165, 1.54) is 4.90 Å². The van der Waals surface area contributed by atoms with Gasteiger partial charge in [-0.3, -0.25) is 9.59 Å². The molecule has 0 bridgehead atoms. The normalized spacial score (nSPS) is 18.6. The second kappa shape index (κ2) is 8.51. The molecule has 3 heterocycles. The molecule has 0 aliphatic carbocycles. The standard InChI is InChI=1S/C29H26N4O4/c1-29-25-23(22-5-3-4-6-24(22)31-25)15-16-32(29)28(36)33(27(29)35)20-11-9-19(10-12-20)26(34)30-17-18-7-13-21(37-2)14-8-18/h3-14,31H,15-17H2,1-2H3,(H,30,34)/t29-/m0/s1. The average Bonchev–Trinajstić information content (AvgIpc) is 3.41. The van der Waals surface area contributed by atoms with Crippen molar-refractivity contribution >= 4 is 34.4 Å². The Morgan fingerprint density at radius 1 is 1.03 bits per heavy atom. The summed E-state index contributed by atoms with van der Waals surface area (Å²) in [4.78, 5) is 46.2. The van der Waals surface area contributed by atoms with Gasteiger partial charge in [0.05, 0.1) is 18.5 Å². The van der Waals surface area contributed by atoms with Gasteiger partial charge in [-0.2, -0.15) is 0 Å². The molecule has 8 nitrogen and oxygen atoms in total. The van der Waals surface area contributed by atoms with Gasteiger partial charge in [0, 0.05) is 29.6 Å². The van der Waals surface area contributed by atoms with Gasteiger partial charge in [-0.15, -0.1) is 0 Å². The van der Waals surface area contributed by atoms with Gasteiger partial charge >= 0.3 is 6.03 Å². The third-order valence-corrected chi connectivity index (χ3v) is 7.47. The molecule has 1 saturated heterocycles. The summed E-state index contributed by atoms with van der Waals surface area (Å²) < 4.78 is 5.16. The van der Waals surface area contributed by atoms with Gasteiger partial charge in [0.15, 0.2) is 5.54 Å². The van der Waals surface area contributed by atoms with Gasteiger partial charge < -0.3 is 19.9 Å². The first-order valence-corrected chi connectivity index (χ1v) is 12.2. The number of rotatable bonds is 5. The first kappa shape index (κ1) is 22.8. The highest BCUT2D eigenvalue weighted by atomic mass is 16.5. The number of nitrogens with one attached hydrogen (secondary N) is 2. The van der Waals surface area contributed by atoms with E-state index in [1.54, 1.807) is 36.3 Å². The van der Waals surface area contributed by atoms with E-state index >= 15 is 0 Å². The van der Waals surface area contributed by atoms with Gasteiger partial charge in [-0.05, 0) is 66.9 Å². The van der Waals surface area contributed by atoms with Crippen molar-refractivity contribution in [3.63, 3.8) is 0 Å². The van der Waals surface area contributed by atoms with E-state index in [9.17, 15) is 14.4 Å². The number of anilines is 1. The molecule has 37 heavy (non-hydrogen) atoms. The second-order valence-electron chi connectivity index (χ2n) is 9.50. The van der Waals surface area contributed by atoms with Crippen LogP contribution < -0.4 is 15.0 Å². The average molecular weight is 495 g/mol. The number of aromatic nitrogens is 1. The van der Waals surface area contributed by atoms with E-state index in [0.717, 1.165) is 33.5 Å². The molecule has 3 aromatic carbocycles. The molecule has 1 aromatic heterocycles. The number of carbonyl (C=O) groups excluding carboxylic acids is 3. The van der Waals surface area contributed by atoms with E-state index in [2.05, 4.69) is 10.3 Å². The summed E-state index contributed by atoms with van der Waals surface area (Å²) in [5.74, 6) is 0.206. The van der Waals surface area contributed by atoms with Crippen LogP contribution in [0.3, 0.4) is 0 Å². The lowest BCUT2D eigenvalue weighted by atomic mass is 9.87. The predicted molar refractivity (Wildman–Crippen MR) is 140 cm³/mol. The van der Waals surface area contributed by atoms with Crippen LogP contribution in [0, 0.1) is 0 Å². The monoisotopic (exact) mass is 494 g/mol. The Morgan fingerprint density at radius 2 is 1.76 bits per heavy atom. The number of amides is 4. The van der Waals surface area contributed by atoms with Crippen molar-refractivity contribution in [2.75, 3.05) is 18.6 Å². The zero-order chi connectivity index (χ0) is 25.7. The van der Waals surface area contributed by atoms with Crippen LogP contribution >= 0.6 is 0 Å². The quantitative estimate of drug-likeness (QED) is 0.404. The molecule has 4 amide bonds. The van der Waals surface area contributed by atoms with Crippen molar-refractivity contribution < 1.29 is 19.1 Å². The number of ether oxygens (including phenoxy) is 1. The van der Waals surface area contributed by atoms with Gasteiger partial charge in [-0.1, -0.05) is 30.3 Å². The van der Waals surface area contributed by atoms with Crippen molar-refractivity contribution in [3.05, 3.63) is 95.2 Å². The number of hydrogen-bond donors (Lipinski definition) is 2. The smallest absolute Gasteiger partial charge is 0.332 e. The lowest BCUT2D eigenvalue weighted by Gasteiger charge is -2.35. The summed E-state index contributed by atoms with van der Waals surface area (Å²) >= 11 is 0. The molecule has 2 aliphatic heterocycles. The molecule has 8 heteroatoms. The number of hydrogen-bond acceptors (Lipinski definition) is 4. The zero-order valence-electron chi connectivity index (χ0n) is 20.6. The van der Waals surface area contributed by atoms with Crippen LogP contribution in [0.1, 0.15) is 34.1 Å². The summed E-state index contributed by atoms with van der Waals surface area (Å²) in [6, 6.07) is 21.6. The maximum absolute atomic E-state index is 13.8. The summed E-state index contributed by atoms with van der Waals surface area (Å²) in [5.41, 5.74) is 3.53. The fourth-order valence-electron chi connectivity index (χ4n) is 5.41. The number of imide groups is 1. The largest absolute Gasteiger partial charge is 0.497 e. The Hall–Kier alpha value is -4.59. The fourth-order valence-corrected chi connectivity index (χ4v) is 5.41. The summed E-state index contributed by atoms with van der Waals surface area (Å²) in [5, 5.41) is 3.98. The van der Waals surface area contributed by atoms with Crippen molar-refractivity contribution in [2.24, 2.45) is 0 Å². The number of fused-ring (bicyclic) bond motifs is 5. The number of methoxy groups -OCH3 is 1. The van der Waals surface area contributed by atoms with Crippen LogP contribution in [-0.4, -0.2) is 41.4 Å². The molecule has 4 aromatic rings. The first-order chi connectivity index (χ1) is 17.9. The van der Waals surface area contributed by atoms with E-state index in [-0.39, 0.29) is 17.8 Å². The molecule has 186 valence electrons. The highest BCUT2D eigenvalue weighted by Gasteiger charge is 2.59. The lowest BCUT2D eigenvalue weighted by molar-refractivity contribution is -0.125. The van der Waals surface area contributed by atoms with Gasteiger partial charge in [-0.25, -0.2) is 9.69 Å². The van der Waals surface area contributed by atoms with E-state index in [0.29, 0.717) is 30.8 Å². The molecule has 1 fully saturated rings. The van der Waals surface area contributed by atoms with Crippen LogP contribution in [0.25, 0.3) is 10.9 Å². The second-order valence-corrected chi connectivity index (χ2v) is 9.50. The Morgan fingerprint density at radius 3 is 2.49 bits per heavy atom. The Balaban J connectivity index is 1.23. The zero-order valence-corrected chi connectivity index (χ0v) is 20.6. The number of H-pyrrole nitrogens is 1. The Kier molecular flexibility index (Phi) is 5.26. The van der Waals surface area contributed by atoms with E-state index in [1.807, 2.05) is 55.5 Å². The number of para-hydroxylation sites is 1. The maximum Gasteiger partial charge on any atom is 0.332 e. The lowest BCUT2D eigenvalue weighted by Crippen LogP contribution is -2.49. The van der Waals surface area contributed by atoms with Crippen LogP contribution in [0.2, 0.25) is 0 Å². The predicted octanol–water partition coefficient (Wildman–Crippen LogP) is 4.35. The summed E-state index contributed by atoms with van der Waals surface area (Å²) in [7, 11) is 1.61. The highest BCUT2D eigenvalue weighted by molar-refractivity contribution is 6.23. The number of nitrogens with zero attached hydrogens (tertiary/aromatic N) is 2. The van der Waals surface area contributed by atoms with Crippen molar-refractivity contribution in [1.29, 1.82) is 0 Å². The van der Waals surface area contributed by atoms with E-state index in [4.69, 9.17) is 4.74 Å². The van der Waals surface area contributed by atoms with Crippen LogP contribution in [0.5, 0.6) is 5.75 Å². The molecular formula is C29H26N4O4. The minimum absolute atomic E-state index is 0.242. The van der Waals surface area contributed by atoms with Crippen molar-refractivity contribution in [3.8, 4) is 5.75 Å². The third-order valence-electron chi connectivity index (χ3n) is 7.47. The molecule has 0 unspecified atom stereocenters. The molecule has 0 spiro atoms. The van der Waals surface area contributed by atoms with Crippen LogP contribution in [-0.2, 0) is 23.3 Å². The molecule has 0 radical (unpaired) electrons. The van der Waals surface area contributed by atoms with Crippen LogP contribution in [0.4, 0.5) is 10.5 Å². The number of benzene rings is 3. The maximum atomic E-state index is 13.8. The third kappa shape index (κ3) is 3.48. The topological polar surface area (TPSA) is 94.7 Å². The molecule has 1 atom stereocenters. The van der Waals surface area contributed by atoms with Gasteiger partial charge in [0.1, 0.15) is 5.75 Å². The SMILES string of the molecule is COc1ccc(CNC(=O)c2ccc(N3C(=O)N4CCc5c([nH]c6ccccc56)[C@@]4(C)C3=O)cc2)cc1. The molecule has 2 aliphatic rings. The van der Waals surface area contributed by atoms with Gasteiger partial charge in [0.2, 0.25) is 0 Å². The molecule has 0 saturated carbocycles. The minimum Gasteiger partial charge on any atom is -0.497 e. The minimum atomic E-state index is -1.11. The number of carbonyl (C=O) groups is 3. The highest BCUT2D eigenvalue weighted by Crippen LogP contribution is 2.45.